The number of benzene rings is 1. The van der Waals surface area contributed by atoms with E-state index in [1.165, 1.54) is 18.5 Å². The van der Waals surface area contributed by atoms with Gasteiger partial charge in [-0.05, 0) is 31.4 Å². The summed E-state index contributed by atoms with van der Waals surface area (Å²) in [6, 6.07) is 11.0. The van der Waals surface area contributed by atoms with Crippen LogP contribution in [0.1, 0.15) is 18.9 Å². The van der Waals surface area contributed by atoms with Gasteiger partial charge in [0.2, 0.25) is 0 Å². The van der Waals surface area contributed by atoms with E-state index in [9.17, 15) is 0 Å². The molecule has 0 saturated carbocycles. The zero-order valence-electron chi connectivity index (χ0n) is 9.39. The molecule has 0 aromatic heterocycles. The van der Waals surface area contributed by atoms with E-state index in [0.717, 1.165) is 13.1 Å². The summed E-state index contributed by atoms with van der Waals surface area (Å²) in [5, 5.41) is 0. The normalized spacial score (nSPS) is 24.3. The lowest BCUT2D eigenvalue weighted by Crippen LogP contribution is -2.29. The summed E-state index contributed by atoms with van der Waals surface area (Å²) in [5.74, 6) is 0.689. The Morgan fingerprint density at radius 1 is 1.40 bits per heavy atom. The summed E-state index contributed by atoms with van der Waals surface area (Å²) >= 11 is 0. The first-order valence-electron chi connectivity index (χ1n) is 5.77. The lowest BCUT2D eigenvalue weighted by molar-refractivity contribution is 0.308. The van der Waals surface area contributed by atoms with Crippen LogP contribution in [0, 0.1) is 5.92 Å². The highest BCUT2D eigenvalue weighted by Gasteiger charge is 2.24. The number of nitrogens with zero attached hydrogens (tertiary/aromatic N) is 1. The van der Waals surface area contributed by atoms with Crippen molar-refractivity contribution in [1.82, 2.24) is 4.90 Å². The first kappa shape index (κ1) is 10.7. The Bertz CT molecular complexity index is 295. The van der Waals surface area contributed by atoms with Crippen LogP contribution in [-0.2, 0) is 6.54 Å². The molecule has 0 aliphatic carbocycles. The summed E-state index contributed by atoms with van der Waals surface area (Å²) in [5.41, 5.74) is 7.33. The number of hydrogen-bond acceptors (Lipinski definition) is 2. The van der Waals surface area contributed by atoms with E-state index >= 15 is 0 Å². The molecule has 1 aromatic carbocycles. The molecule has 1 aliphatic heterocycles. The number of likely N-dealkylation sites (tertiary alicyclic amines) is 1. The first-order chi connectivity index (χ1) is 7.25. The molecule has 0 amide bonds. The Morgan fingerprint density at radius 2 is 2.13 bits per heavy atom. The molecule has 0 bridgehead atoms. The highest BCUT2D eigenvalue weighted by atomic mass is 15.1. The van der Waals surface area contributed by atoms with Gasteiger partial charge in [-0.25, -0.2) is 0 Å². The van der Waals surface area contributed by atoms with Gasteiger partial charge >= 0.3 is 0 Å². The molecular formula is C13H20N2. The van der Waals surface area contributed by atoms with Crippen LogP contribution >= 0.6 is 0 Å². The maximum absolute atomic E-state index is 5.93. The molecule has 2 atom stereocenters. The molecule has 2 rings (SSSR count). The average Bonchev–Trinajstić information content (AvgIpc) is 2.68. The molecule has 1 saturated heterocycles. The van der Waals surface area contributed by atoms with E-state index in [1.54, 1.807) is 0 Å². The van der Waals surface area contributed by atoms with Crippen molar-refractivity contribution in [3.05, 3.63) is 35.9 Å². The van der Waals surface area contributed by atoms with Crippen molar-refractivity contribution in [2.75, 3.05) is 13.1 Å². The van der Waals surface area contributed by atoms with Crippen molar-refractivity contribution in [1.29, 1.82) is 0 Å². The highest BCUT2D eigenvalue weighted by Crippen LogP contribution is 2.20. The van der Waals surface area contributed by atoms with Gasteiger partial charge in [0.25, 0.3) is 0 Å². The Kier molecular flexibility index (Phi) is 3.39. The zero-order valence-corrected chi connectivity index (χ0v) is 9.39. The Morgan fingerprint density at radius 3 is 2.73 bits per heavy atom. The topological polar surface area (TPSA) is 29.3 Å². The number of rotatable bonds is 3. The van der Waals surface area contributed by atoms with Crippen LogP contribution in [0.4, 0.5) is 0 Å². The van der Waals surface area contributed by atoms with E-state index in [4.69, 9.17) is 5.73 Å². The van der Waals surface area contributed by atoms with E-state index in [-0.39, 0.29) is 0 Å². The summed E-state index contributed by atoms with van der Waals surface area (Å²) in [6.07, 6.45) is 1.25. The molecule has 0 radical (unpaired) electrons. The summed E-state index contributed by atoms with van der Waals surface area (Å²) < 4.78 is 0. The second kappa shape index (κ2) is 4.77. The van der Waals surface area contributed by atoms with E-state index in [2.05, 4.69) is 42.2 Å². The van der Waals surface area contributed by atoms with Crippen LogP contribution in [0.15, 0.2) is 30.3 Å². The first-order valence-corrected chi connectivity index (χ1v) is 5.77. The Balaban J connectivity index is 1.88. The van der Waals surface area contributed by atoms with Crippen molar-refractivity contribution >= 4 is 0 Å². The lowest BCUT2D eigenvalue weighted by Gasteiger charge is -2.17. The molecule has 1 heterocycles. The minimum absolute atomic E-state index is 0.339. The molecule has 2 nitrogen and oxygen atoms in total. The fraction of sp³-hybridized carbons (Fsp3) is 0.538. The molecule has 1 aromatic rings. The minimum Gasteiger partial charge on any atom is -0.328 e. The van der Waals surface area contributed by atoms with Gasteiger partial charge in [-0.3, -0.25) is 4.90 Å². The van der Waals surface area contributed by atoms with Crippen LogP contribution in [0.5, 0.6) is 0 Å². The van der Waals surface area contributed by atoms with Crippen molar-refractivity contribution < 1.29 is 0 Å². The van der Waals surface area contributed by atoms with E-state index < -0.39 is 0 Å². The quantitative estimate of drug-likeness (QED) is 0.814. The summed E-state index contributed by atoms with van der Waals surface area (Å²) in [6.45, 7) is 5.55. The van der Waals surface area contributed by atoms with Crippen molar-refractivity contribution in [2.45, 2.75) is 25.9 Å². The standard InChI is InChI=1S/C13H20N2/c1-11(14)13-7-8-15(10-13)9-12-5-3-2-4-6-12/h2-6,11,13H,7-10,14H2,1H3/t11-,13?/m0/s1. The van der Waals surface area contributed by atoms with Gasteiger partial charge in [-0.2, -0.15) is 0 Å². The van der Waals surface area contributed by atoms with Crippen molar-refractivity contribution in [2.24, 2.45) is 11.7 Å². The smallest absolute Gasteiger partial charge is 0.0233 e. The molecular weight excluding hydrogens is 184 g/mol. The van der Waals surface area contributed by atoms with Crippen LogP contribution < -0.4 is 5.73 Å². The maximum Gasteiger partial charge on any atom is 0.0233 e. The largest absolute Gasteiger partial charge is 0.328 e. The molecule has 15 heavy (non-hydrogen) atoms. The van der Waals surface area contributed by atoms with E-state index in [1.807, 2.05) is 0 Å². The Hall–Kier alpha value is -0.860. The number of nitrogens with two attached hydrogens (primary N) is 1. The van der Waals surface area contributed by atoms with Crippen LogP contribution in [0.25, 0.3) is 0 Å². The van der Waals surface area contributed by atoms with Gasteiger partial charge in [-0.15, -0.1) is 0 Å². The van der Waals surface area contributed by atoms with Gasteiger partial charge in [0.1, 0.15) is 0 Å². The molecule has 0 spiro atoms. The molecule has 2 N–H and O–H groups in total. The number of hydrogen-bond donors (Lipinski definition) is 1. The minimum atomic E-state index is 0.339. The predicted octanol–water partition coefficient (Wildman–Crippen LogP) is 1.86. The third-order valence-corrected chi connectivity index (χ3v) is 3.30. The van der Waals surface area contributed by atoms with Gasteiger partial charge in [-0.1, -0.05) is 30.3 Å². The second-order valence-corrected chi connectivity index (χ2v) is 4.63. The van der Waals surface area contributed by atoms with Crippen LogP contribution in [0.3, 0.4) is 0 Å². The summed E-state index contributed by atoms with van der Waals surface area (Å²) in [4.78, 5) is 2.50. The SMILES string of the molecule is C[C@H](N)C1CCN(Cc2ccccc2)C1. The third-order valence-electron chi connectivity index (χ3n) is 3.30. The van der Waals surface area contributed by atoms with Crippen LogP contribution in [-0.4, -0.2) is 24.0 Å². The van der Waals surface area contributed by atoms with Crippen molar-refractivity contribution in [3.63, 3.8) is 0 Å². The van der Waals surface area contributed by atoms with Crippen molar-refractivity contribution in [3.8, 4) is 0 Å². The predicted molar refractivity (Wildman–Crippen MR) is 63.5 cm³/mol. The molecule has 1 unspecified atom stereocenters. The average molecular weight is 204 g/mol. The third kappa shape index (κ3) is 2.80. The maximum atomic E-state index is 5.93. The second-order valence-electron chi connectivity index (χ2n) is 4.63. The molecule has 1 aliphatic rings. The Labute approximate surface area is 92.1 Å². The molecule has 82 valence electrons. The fourth-order valence-corrected chi connectivity index (χ4v) is 2.28. The zero-order chi connectivity index (χ0) is 10.7. The molecule has 1 fully saturated rings. The molecule has 2 heteroatoms. The summed E-state index contributed by atoms with van der Waals surface area (Å²) in [7, 11) is 0. The fourth-order valence-electron chi connectivity index (χ4n) is 2.28. The van der Waals surface area contributed by atoms with Gasteiger partial charge < -0.3 is 5.73 Å². The van der Waals surface area contributed by atoms with Gasteiger partial charge in [0.15, 0.2) is 0 Å². The van der Waals surface area contributed by atoms with Gasteiger partial charge in [0, 0.05) is 19.1 Å². The highest BCUT2D eigenvalue weighted by molar-refractivity contribution is 5.14. The monoisotopic (exact) mass is 204 g/mol. The lowest BCUT2D eigenvalue weighted by atomic mass is 10.0. The van der Waals surface area contributed by atoms with Crippen LogP contribution in [0.2, 0.25) is 0 Å². The van der Waals surface area contributed by atoms with E-state index in [0.29, 0.717) is 12.0 Å². The van der Waals surface area contributed by atoms with Gasteiger partial charge in [0.05, 0.1) is 0 Å².